The summed E-state index contributed by atoms with van der Waals surface area (Å²) in [6.07, 6.45) is -0.252. The predicted octanol–water partition coefficient (Wildman–Crippen LogP) is 3.42. The molecule has 2 rings (SSSR count). The molecule has 1 atom stereocenters. The van der Waals surface area contributed by atoms with Gasteiger partial charge in [0.2, 0.25) is 0 Å². The van der Waals surface area contributed by atoms with Gasteiger partial charge in [-0.25, -0.2) is 4.39 Å². The van der Waals surface area contributed by atoms with Gasteiger partial charge in [0, 0.05) is 6.42 Å². The largest absolute Gasteiger partial charge is 0.494 e. The van der Waals surface area contributed by atoms with E-state index < -0.39 is 11.9 Å². The zero-order valence-electron chi connectivity index (χ0n) is 11.1. The molecule has 2 aromatic rings. The van der Waals surface area contributed by atoms with Crippen LogP contribution in [0.4, 0.5) is 4.39 Å². The summed E-state index contributed by atoms with van der Waals surface area (Å²) in [5, 5.41) is 10.1. The van der Waals surface area contributed by atoms with Crippen LogP contribution in [0.25, 0.3) is 0 Å². The number of hydrogen-bond donors (Lipinski definition) is 1. The van der Waals surface area contributed by atoms with E-state index in [0.29, 0.717) is 6.42 Å². The summed E-state index contributed by atoms with van der Waals surface area (Å²) in [7, 11) is 1.43. The Labute approximate surface area is 112 Å². The second-order valence-electron chi connectivity index (χ2n) is 4.60. The van der Waals surface area contributed by atoms with Crippen molar-refractivity contribution in [2.45, 2.75) is 19.4 Å². The molecule has 2 nitrogen and oxygen atoms in total. The first-order chi connectivity index (χ1) is 9.10. The van der Waals surface area contributed by atoms with Gasteiger partial charge in [-0.3, -0.25) is 0 Å². The van der Waals surface area contributed by atoms with Gasteiger partial charge in [-0.05, 0) is 30.2 Å². The van der Waals surface area contributed by atoms with E-state index in [1.54, 1.807) is 12.1 Å². The van der Waals surface area contributed by atoms with Crippen molar-refractivity contribution in [2.24, 2.45) is 0 Å². The molecule has 0 saturated heterocycles. The van der Waals surface area contributed by atoms with Crippen molar-refractivity contribution >= 4 is 0 Å². The third-order valence-electron chi connectivity index (χ3n) is 3.11. The van der Waals surface area contributed by atoms with E-state index in [2.05, 4.69) is 0 Å². The number of aliphatic hydroxyl groups excluding tert-OH is 1. The summed E-state index contributed by atoms with van der Waals surface area (Å²) in [5.74, 6) is -0.190. The summed E-state index contributed by atoms with van der Waals surface area (Å²) in [6, 6.07) is 12.4. The standard InChI is InChI=1S/C16H17FO2/c1-11-3-6-13(7-4-11)15(18)10-12-5-8-16(19-2)14(17)9-12/h3-9,15,18H,10H2,1-2H3. The monoisotopic (exact) mass is 260 g/mol. The van der Waals surface area contributed by atoms with Crippen LogP contribution >= 0.6 is 0 Å². The zero-order valence-corrected chi connectivity index (χ0v) is 11.1. The fourth-order valence-electron chi connectivity index (χ4n) is 1.97. The van der Waals surface area contributed by atoms with Crippen molar-refractivity contribution in [3.63, 3.8) is 0 Å². The molecule has 0 spiro atoms. The average molecular weight is 260 g/mol. The molecular weight excluding hydrogens is 243 g/mol. The molecule has 19 heavy (non-hydrogen) atoms. The van der Waals surface area contributed by atoms with Gasteiger partial charge in [0.05, 0.1) is 13.2 Å². The van der Waals surface area contributed by atoms with E-state index in [9.17, 15) is 9.50 Å². The summed E-state index contributed by atoms with van der Waals surface area (Å²) in [4.78, 5) is 0. The molecule has 0 radical (unpaired) electrons. The van der Waals surface area contributed by atoms with E-state index in [0.717, 1.165) is 16.7 Å². The van der Waals surface area contributed by atoms with Gasteiger partial charge in [0.1, 0.15) is 0 Å². The molecule has 0 aromatic heterocycles. The highest BCUT2D eigenvalue weighted by atomic mass is 19.1. The van der Waals surface area contributed by atoms with E-state index in [1.807, 2.05) is 31.2 Å². The van der Waals surface area contributed by atoms with Crippen LogP contribution in [-0.2, 0) is 6.42 Å². The lowest BCUT2D eigenvalue weighted by molar-refractivity contribution is 0.178. The Kier molecular flexibility index (Phi) is 4.17. The zero-order chi connectivity index (χ0) is 13.8. The van der Waals surface area contributed by atoms with E-state index in [4.69, 9.17) is 4.74 Å². The van der Waals surface area contributed by atoms with Crippen LogP contribution in [0.1, 0.15) is 22.8 Å². The van der Waals surface area contributed by atoms with Crippen molar-refractivity contribution in [3.8, 4) is 5.75 Å². The van der Waals surface area contributed by atoms with Gasteiger partial charge in [-0.15, -0.1) is 0 Å². The maximum Gasteiger partial charge on any atom is 0.165 e. The number of ether oxygens (including phenoxy) is 1. The lowest BCUT2D eigenvalue weighted by Crippen LogP contribution is -2.02. The lowest BCUT2D eigenvalue weighted by Gasteiger charge is -2.12. The number of aliphatic hydroxyl groups is 1. The van der Waals surface area contributed by atoms with E-state index in [-0.39, 0.29) is 5.75 Å². The Hall–Kier alpha value is -1.87. The molecule has 0 aliphatic carbocycles. The molecule has 0 aliphatic rings. The van der Waals surface area contributed by atoms with Gasteiger partial charge in [-0.2, -0.15) is 0 Å². The molecule has 0 amide bonds. The first-order valence-electron chi connectivity index (χ1n) is 6.17. The first kappa shape index (κ1) is 13.6. The number of methoxy groups -OCH3 is 1. The second-order valence-corrected chi connectivity index (χ2v) is 4.60. The van der Waals surface area contributed by atoms with Crippen LogP contribution in [0.15, 0.2) is 42.5 Å². The number of rotatable bonds is 4. The third kappa shape index (κ3) is 3.32. The van der Waals surface area contributed by atoms with Crippen molar-refractivity contribution in [3.05, 3.63) is 65.0 Å². The molecule has 3 heteroatoms. The maximum absolute atomic E-state index is 13.5. The summed E-state index contributed by atoms with van der Waals surface area (Å²) < 4.78 is 18.4. The highest BCUT2D eigenvalue weighted by molar-refractivity contribution is 5.31. The van der Waals surface area contributed by atoms with Crippen molar-refractivity contribution in [1.82, 2.24) is 0 Å². The van der Waals surface area contributed by atoms with Crippen LogP contribution in [0.2, 0.25) is 0 Å². The summed E-state index contributed by atoms with van der Waals surface area (Å²) in [6.45, 7) is 2.00. The quantitative estimate of drug-likeness (QED) is 0.912. The second kappa shape index (κ2) is 5.85. The molecule has 0 heterocycles. The molecule has 0 bridgehead atoms. The molecule has 100 valence electrons. The minimum absolute atomic E-state index is 0.216. The lowest BCUT2D eigenvalue weighted by atomic mass is 10.0. The normalized spacial score (nSPS) is 12.2. The van der Waals surface area contributed by atoms with Gasteiger partial charge >= 0.3 is 0 Å². The summed E-state index contributed by atoms with van der Waals surface area (Å²) in [5.41, 5.74) is 2.72. The topological polar surface area (TPSA) is 29.5 Å². The van der Waals surface area contributed by atoms with E-state index >= 15 is 0 Å². The minimum atomic E-state index is -0.631. The van der Waals surface area contributed by atoms with Crippen molar-refractivity contribution in [1.29, 1.82) is 0 Å². The fraction of sp³-hybridized carbons (Fsp3) is 0.250. The molecule has 0 fully saturated rings. The van der Waals surface area contributed by atoms with Gasteiger partial charge < -0.3 is 9.84 Å². The molecule has 1 unspecified atom stereocenters. The molecule has 1 N–H and O–H groups in total. The predicted molar refractivity (Wildman–Crippen MR) is 72.8 cm³/mol. The average Bonchev–Trinajstić information content (AvgIpc) is 2.39. The number of halogens is 1. The van der Waals surface area contributed by atoms with Crippen LogP contribution in [0.3, 0.4) is 0 Å². The Morgan fingerprint density at radius 3 is 2.42 bits per heavy atom. The Bertz CT molecular complexity index is 549. The maximum atomic E-state index is 13.5. The fourth-order valence-corrected chi connectivity index (χ4v) is 1.97. The van der Waals surface area contributed by atoms with Gasteiger partial charge in [0.25, 0.3) is 0 Å². The SMILES string of the molecule is COc1ccc(CC(O)c2ccc(C)cc2)cc1F. The number of hydrogen-bond acceptors (Lipinski definition) is 2. The highest BCUT2D eigenvalue weighted by Crippen LogP contribution is 2.22. The van der Waals surface area contributed by atoms with Crippen LogP contribution in [0, 0.1) is 12.7 Å². The smallest absolute Gasteiger partial charge is 0.165 e. The molecule has 0 saturated carbocycles. The summed E-state index contributed by atoms with van der Waals surface area (Å²) >= 11 is 0. The minimum Gasteiger partial charge on any atom is -0.494 e. The van der Waals surface area contributed by atoms with E-state index in [1.165, 1.54) is 13.2 Å². The first-order valence-corrected chi connectivity index (χ1v) is 6.17. The number of aryl methyl sites for hydroxylation is 1. The molecule has 0 aliphatic heterocycles. The highest BCUT2D eigenvalue weighted by Gasteiger charge is 2.10. The van der Waals surface area contributed by atoms with Crippen molar-refractivity contribution in [2.75, 3.05) is 7.11 Å². The third-order valence-corrected chi connectivity index (χ3v) is 3.11. The number of benzene rings is 2. The van der Waals surface area contributed by atoms with Gasteiger partial charge in [-0.1, -0.05) is 35.9 Å². The Balaban J connectivity index is 2.12. The van der Waals surface area contributed by atoms with Gasteiger partial charge in [0.15, 0.2) is 11.6 Å². The molecule has 2 aromatic carbocycles. The Morgan fingerprint density at radius 1 is 1.16 bits per heavy atom. The molecular formula is C16H17FO2. The van der Waals surface area contributed by atoms with Crippen molar-refractivity contribution < 1.29 is 14.2 Å². The van der Waals surface area contributed by atoms with Crippen LogP contribution < -0.4 is 4.74 Å². The Morgan fingerprint density at radius 2 is 1.84 bits per heavy atom. The van der Waals surface area contributed by atoms with Crippen LogP contribution in [-0.4, -0.2) is 12.2 Å². The van der Waals surface area contributed by atoms with Crippen LogP contribution in [0.5, 0.6) is 5.75 Å².